The standard InChI is InChI=1S/C15H14BrNO4/c1-20-10-11-3-2-4-14(7-11)21-15-6-5-13(17(18)19)8-12(15)9-16/h2-8H,9-10H2,1H3. The van der Waals surface area contributed by atoms with Gasteiger partial charge in [-0.15, -0.1) is 0 Å². The van der Waals surface area contributed by atoms with Crippen molar-refractivity contribution >= 4 is 21.6 Å². The molecule has 21 heavy (non-hydrogen) atoms. The summed E-state index contributed by atoms with van der Waals surface area (Å²) >= 11 is 3.32. The first kappa shape index (κ1) is 15.5. The predicted molar refractivity (Wildman–Crippen MR) is 83.0 cm³/mol. The third kappa shape index (κ3) is 4.03. The monoisotopic (exact) mass is 351 g/mol. The fraction of sp³-hybridized carbons (Fsp3) is 0.200. The van der Waals surface area contributed by atoms with Gasteiger partial charge in [0.05, 0.1) is 11.5 Å². The highest BCUT2D eigenvalue weighted by Crippen LogP contribution is 2.30. The lowest BCUT2D eigenvalue weighted by molar-refractivity contribution is -0.384. The van der Waals surface area contributed by atoms with E-state index < -0.39 is 4.92 Å². The molecule has 0 aliphatic carbocycles. The van der Waals surface area contributed by atoms with Crippen LogP contribution in [0.2, 0.25) is 0 Å². The lowest BCUT2D eigenvalue weighted by atomic mass is 10.2. The molecule has 0 aliphatic rings. The van der Waals surface area contributed by atoms with Crippen molar-refractivity contribution in [2.24, 2.45) is 0 Å². The Morgan fingerprint density at radius 2 is 2.05 bits per heavy atom. The number of non-ortho nitro benzene ring substituents is 1. The van der Waals surface area contributed by atoms with Gasteiger partial charge in [-0.3, -0.25) is 10.1 Å². The van der Waals surface area contributed by atoms with Gasteiger partial charge in [0.2, 0.25) is 0 Å². The summed E-state index contributed by atoms with van der Waals surface area (Å²) in [5, 5.41) is 11.3. The zero-order valence-corrected chi connectivity index (χ0v) is 13.0. The number of halogens is 1. The Kier molecular flexibility index (Phi) is 5.30. The predicted octanol–water partition coefficient (Wildman–Crippen LogP) is 4.43. The Balaban J connectivity index is 2.26. The minimum atomic E-state index is -0.421. The number of nitro benzene ring substituents is 1. The van der Waals surface area contributed by atoms with E-state index in [1.807, 2.05) is 24.3 Å². The maximum absolute atomic E-state index is 10.8. The van der Waals surface area contributed by atoms with Crippen molar-refractivity contribution in [1.29, 1.82) is 0 Å². The van der Waals surface area contributed by atoms with E-state index in [1.54, 1.807) is 13.2 Å². The number of benzene rings is 2. The van der Waals surface area contributed by atoms with E-state index >= 15 is 0 Å². The minimum Gasteiger partial charge on any atom is -0.457 e. The second-order valence-electron chi connectivity index (χ2n) is 4.37. The van der Waals surface area contributed by atoms with Crippen molar-refractivity contribution in [3.63, 3.8) is 0 Å². The molecule has 0 spiro atoms. The molecule has 0 saturated heterocycles. The van der Waals surface area contributed by atoms with E-state index in [4.69, 9.17) is 9.47 Å². The number of rotatable bonds is 6. The average Bonchev–Trinajstić information content (AvgIpc) is 2.48. The van der Waals surface area contributed by atoms with Crippen LogP contribution < -0.4 is 4.74 Å². The molecule has 0 N–H and O–H groups in total. The SMILES string of the molecule is COCc1cccc(Oc2ccc([N+](=O)[O-])cc2CBr)c1. The molecular weight excluding hydrogens is 338 g/mol. The highest BCUT2D eigenvalue weighted by atomic mass is 79.9. The normalized spacial score (nSPS) is 10.4. The summed E-state index contributed by atoms with van der Waals surface area (Å²) in [6, 6.07) is 12.1. The maximum atomic E-state index is 10.8. The van der Waals surface area contributed by atoms with Gasteiger partial charge in [0.1, 0.15) is 11.5 Å². The van der Waals surface area contributed by atoms with Crippen molar-refractivity contribution in [2.75, 3.05) is 7.11 Å². The summed E-state index contributed by atoms with van der Waals surface area (Å²) in [6.45, 7) is 0.503. The number of nitrogens with zero attached hydrogens (tertiary/aromatic N) is 1. The van der Waals surface area contributed by atoms with Gasteiger partial charge in [-0.05, 0) is 23.8 Å². The van der Waals surface area contributed by atoms with Gasteiger partial charge in [0.25, 0.3) is 5.69 Å². The quantitative estimate of drug-likeness (QED) is 0.438. The number of hydrogen-bond donors (Lipinski definition) is 0. The van der Waals surface area contributed by atoms with E-state index in [2.05, 4.69) is 15.9 Å². The topological polar surface area (TPSA) is 61.6 Å². The Bertz CT molecular complexity index is 645. The van der Waals surface area contributed by atoms with Gasteiger partial charge in [-0.25, -0.2) is 0 Å². The Morgan fingerprint density at radius 1 is 1.24 bits per heavy atom. The lowest BCUT2D eigenvalue weighted by Crippen LogP contribution is -1.94. The van der Waals surface area contributed by atoms with Crippen LogP contribution in [-0.4, -0.2) is 12.0 Å². The van der Waals surface area contributed by atoms with Crippen molar-refractivity contribution in [2.45, 2.75) is 11.9 Å². The molecule has 2 aromatic carbocycles. The van der Waals surface area contributed by atoms with Crippen molar-refractivity contribution in [3.8, 4) is 11.5 Å². The number of ether oxygens (including phenoxy) is 2. The van der Waals surface area contributed by atoms with Crippen LogP contribution in [0.1, 0.15) is 11.1 Å². The van der Waals surface area contributed by atoms with Gasteiger partial charge in [0, 0.05) is 30.1 Å². The zero-order valence-electron chi connectivity index (χ0n) is 11.4. The molecule has 0 heterocycles. The molecule has 0 aromatic heterocycles. The number of alkyl halides is 1. The van der Waals surface area contributed by atoms with E-state index in [0.29, 0.717) is 23.4 Å². The molecule has 0 radical (unpaired) electrons. The van der Waals surface area contributed by atoms with Crippen LogP contribution in [0.4, 0.5) is 5.69 Å². The molecule has 0 aliphatic heterocycles. The number of nitro groups is 1. The maximum Gasteiger partial charge on any atom is 0.270 e. The Hall–Kier alpha value is -1.92. The van der Waals surface area contributed by atoms with Crippen LogP contribution in [0.3, 0.4) is 0 Å². The Morgan fingerprint density at radius 3 is 2.71 bits per heavy atom. The van der Waals surface area contributed by atoms with Gasteiger partial charge < -0.3 is 9.47 Å². The molecule has 0 fully saturated rings. The second-order valence-corrected chi connectivity index (χ2v) is 4.93. The van der Waals surface area contributed by atoms with E-state index in [9.17, 15) is 10.1 Å². The molecule has 110 valence electrons. The molecular formula is C15H14BrNO4. The lowest BCUT2D eigenvalue weighted by Gasteiger charge is -2.10. The average molecular weight is 352 g/mol. The van der Waals surface area contributed by atoms with Crippen molar-refractivity contribution in [3.05, 3.63) is 63.7 Å². The summed E-state index contributed by atoms with van der Waals surface area (Å²) in [7, 11) is 1.63. The molecule has 0 atom stereocenters. The molecule has 2 aromatic rings. The largest absolute Gasteiger partial charge is 0.457 e. The third-order valence-corrected chi connectivity index (χ3v) is 3.44. The highest BCUT2D eigenvalue weighted by molar-refractivity contribution is 9.08. The summed E-state index contributed by atoms with van der Waals surface area (Å²) in [5.74, 6) is 1.26. The van der Waals surface area contributed by atoms with Gasteiger partial charge >= 0.3 is 0 Å². The molecule has 0 unspecified atom stereocenters. The van der Waals surface area contributed by atoms with Crippen LogP contribution in [0.25, 0.3) is 0 Å². The van der Waals surface area contributed by atoms with Crippen LogP contribution in [0.15, 0.2) is 42.5 Å². The fourth-order valence-corrected chi connectivity index (χ4v) is 2.31. The first-order chi connectivity index (χ1) is 10.1. The molecule has 0 bridgehead atoms. The summed E-state index contributed by atoms with van der Waals surface area (Å²) in [4.78, 5) is 10.4. The number of methoxy groups -OCH3 is 1. The molecule has 2 rings (SSSR count). The van der Waals surface area contributed by atoms with Gasteiger partial charge in [-0.2, -0.15) is 0 Å². The molecule has 6 heteroatoms. The summed E-state index contributed by atoms with van der Waals surface area (Å²) in [5.41, 5.74) is 1.77. The zero-order chi connectivity index (χ0) is 15.2. The minimum absolute atomic E-state index is 0.0462. The van der Waals surface area contributed by atoms with E-state index in [1.165, 1.54) is 12.1 Å². The second kappa shape index (κ2) is 7.19. The summed E-state index contributed by atoms with van der Waals surface area (Å²) < 4.78 is 10.9. The van der Waals surface area contributed by atoms with Crippen molar-refractivity contribution in [1.82, 2.24) is 0 Å². The van der Waals surface area contributed by atoms with Crippen LogP contribution in [-0.2, 0) is 16.7 Å². The van der Waals surface area contributed by atoms with Crippen molar-refractivity contribution < 1.29 is 14.4 Å². The van der Waals surface area contributed by atoms with Gasteiger partial charge in [-0.1, -0.05) is 28.1 Å². The summed E-state index contributed by atoms with van der Waals surface area (Å²) in [6.07, 6.45) is 0. The number of hydrogen-bond acceptors (Lipinski definition) is 4. The first-order valence-corrected chi connectivity index (χ1v) is 7.35. The molecule has 0 amide bonds. The molecule has 5 nitrogen and oxygen atoms in total. The molecule has 0 saturated carbocycles. The van der Waals surface area contributed by atoms with E-state index in [0.717, 1.165) is 11.1 Å². The first-order valence-electron chi connectivity index (χ1n) is 6.23. The smallest absolute Gasteiger partial charge is 0.270 e. The highest BCUT2D eigenvalue weighted by Gasteiger charge is 2.11. The van der Waals surface area contributed by atoms with Gasteiger partial charge in [0.15, 0.2) is 0 Å². The van der Waals surface area contributed by atoms with E-state index in [-0.39, 0.29) is 5.69 Å². The third-order valence-electron chi connectivity index (χ3n) is 2.84. The van der Waals surface area contributed by atoms with Crippen LogP contribution in [0.5, 0.6) is 11.5 Å². The Labute approximate surface area is 130 Å². The van der Waals surface area contributed by atoms with Crippen LogP contribution >= 0.6 is 15.9 Å². The fourth-order valence-electron chi connectivity index (χ4n) is 1.88. The van der Waals surface area contributed by atoms with Crippen LogP contribution in [0, 0.1) is 10.1 Å².